The third-order valence-corrected chi connectivity index (χ3v) is 7.92. The van der Waals surface area contributed by atoms with E-state index in [1.54, 1.807) is 35.2 Å². The first kappa shape index (κ1) is 24.2. The van der Waals surface area contributed by atoms with Crippen LogP contribution in [-0.2, 0) is 13.1 Å². The highest BCUT2D eigenvalue weighted by Crippen LogP contribution is 2.35. The van der Waals surface area contributed by atoms with Crippen molar-refractivity contribution < 1.29 is 9.18 Å². The Morgan fingerprint density at radius 2 is 1.85 bits per heavy atom. The Kier molecular flexibility index (Phi) is 5.90. The van der Waals surface area contributed by atoms with Crippen LogP contribution in [0.15, 0.2) is 67.1 Å². The van der Waals surface area contributed by atoms with E-state index in [-0.39, 0.29) is 11.7 Å². The van der Waals surface area contributed by atoms with Crippen LogP contribution < -0.4 is 10.6 Å². The summed E-state index contributed by atoms with van der Waals surface area (Å²) in [5.74, 6) is -0.203. The number of halogens is 1. The summed E-state index contributed by atoms with van der Waals surface area (Å²) in [6, 6.07) is 13.8. The number of aromatic nitrogens is 7. The average molecular weight is 552 g/mol. The fraction of sp³-hybridized carbons (Fsp3) is 0.143. The molecule has 0 saturated heterocycles. The summed E-state index contributed by atoms with van der Waals surface area (Å²) in [5.41, 5.74) is 6.28. The van der Waals surface area contributed by atoms with Crippen molar-refractivity contribution in [2.45, 2.75) is 20.0 Å². The van der Waals surface area contributed by atoms with Gasteiger partial charge in [0.05, 0.1) is 35.4 Å². The second-order valence-corrected chi connectivity index (χ2v) is 10.3. The molecular weight excluding hydrogens is 529 g/mol. The molecule has 198 valence electrons. The highest BCUT2D eigenvalue weighted by atomic mass is 32.1. The number of hydrogen-bond acceptors (Lipinski definition) is 8. The van der Waals surface area contributed by atoms with Crippen LogP contribution >= 0.6 is 11.3 Å². The van der Waals surface area contributed by atoms with Crippen molar-refractivity contribution in [3.8, 4) is 33.1 Å². The van der Waals surface area contributed by atoms with E-state index in [2.05, 4.69) is 25.6 Å². The second kappa shape index (κ2) is 9.74. The summed E-state index contributed by atoms with van der Waals surface area (Å²) in [5, 5.41) is 16.7. The largest absolute Gasteiger partial charge is 0.309 e. The predicted octanol–water partition coefficient (Wildman–Crippen LogP) is 4.58. The maximum absolute atomic E-state index is 13.6. The van der Waals surface area contributed by atoms with Gasteiger partial charge in [0.25, 0.3) is 5.91 Å². The Morgan fingerprint density at radius 1 is 1.02 bits per heavy atom. The Hall–Kier alpha value is -4.81. The summed E-state index contributed by atoms with van der Waals surface area (Å²) >= 11 is 1.32. The molecule has 2 N–H and O–H groups in total. The third-order valence-electron chi connectivity index (χ3n) is 6.72. The molecule has 6 aromatic rings. The molecule has 5 aromatic heterocycles. The first-order valence-corrected chi connectivity index (χ1v) is 13.5. The fourth-order valence-corrected chi connectivity index (χ4v) is 5.77. The molecule has 12 heteroatoms. The maximum atomic E-state index is 13.6. The average Bonchev–Trinajstić information content (AvgIpc) is 3.68. The summed E-state index contributed by atoms with van der Waals surface area (Å²) in [6.45, 7) is 4.00. The number of benzene rings is 1. The molecule has 6 heterocycles. The smallest absolute Gasteiger partial charge is 0.268 e. The van der Waals surface area contributed by atoms with Crippen LogP contribution in [0.5, 0.6) is 0 Å². The molecule has 0 aliphatic carbocycles. The SMILES string of the molecule is Cc1nc(-c2ccncc2)sc1C(=O)Nc1cn2nc(-c3c(-c4ccc(F)cc4)nn4c3CNCC4)ccc2n1. The summed E-state index contributed by atoms with van der Waals surface area (Å²) < 4.78 is 17.3. The van der Waals surface area contributed by atoms with E-state index >= 15 is 0 Å². The van der Waals surface area contributed by atoms with E-state index in [0.29, 0.717) is 34.3 Å². The Bertz CT molecular complexity index is 1880. The van der Waals surface area contributed by atoms with Crippen molar-refractivity contribution in [2.24, 2.45) is 0 Å². The molecule has 0 atom stereocenters. The van der Waals surface area contributed by atoms with Gasteiger partial charge in [-0.25, -0.2) is 18.9 Å². The molecule has 0 bridgehead atoms. The van der Waals surface area contributed by atoms with E-state index in [4.69, 9.17) is 10.2 Å². The number of amides is 1. The zero-order valence-corrected chi connectivity index (χ0v) is 22.1. The Morgan fingerprint density at radius 3 is 2.67 bits per heavy atom. The zero-order chi connectivity index (χ0) is 27.2. The van der Waals surface area contributed by atoms with E-state index in [9.17, 15) is 9.18 Å². The molecule has 0 fully saturated rings. The monoisotopic (exact) mass is 551 g/mol. The quantitative estimate of drug-likeness (QED) is 0.322. The van der Waals surface area contributed by atoms with Crippen molar-refractivity contribution in [3.05, 3.63) is 89.2 Å². The third kappa shape index (κ3) is 4.32. The number of hydrogen-bond donors (Lipinski definition) is 2. The number of carbonyl (C=O) groups is 1. The lowest BCUT2D eigenvalue weighted by molar-refractivity contribution is 0.102. The first-order chi connectivity index (χ1) is 19.5. The highest BCUT2D eigenvalue weighted by Gasteiger charge is 2.24. The fourth-order valence-electron chi connectivity index (χ4n) is 4.81. The van der Waals surface area contributed by atoms with Gasteiger partial charge in [-0.3, -0.25) is 14.5 Å². The van der Waals surface area contributed by atoms with E-state index in [0.717, 1.165) is 46.2 Å². The molecule has 40 heavy (non-hydrogen) atoms. The van der Waals surface area contributed by atoms with Gasteiger partial charge in [0.2, 0.25) is 0 Å². The number of rotatable bonds is 5. The normalized spacial score (nSPS) is 12.9. The standard InChI is InChI=1S/C28H22FN9OS/c1-16-26(40-28(32-16)18-8-10-30-11-9-18)27(39)34-22-15-38-23(33-22)7-6-20(35-38)24-21-14-31-12-13-37(21)36-25(24)17-2-4-19(29)5-3-17/h2-11,15,31H,12-14H2,1H3,(H,34,39). The molecule has 0 spiro atoms. The number of nitrogens with zero attached hydrogens (tertiary/aromatic N) is 7. The Balaban J connectivity index is 1.21. The zero-order valence-electron chi connectivity index (χ0n) is 21.3. The van der Waals surface area contributed by atoms with Crippen molar-refractivity contribution in [1.29, 1.82) is 0 Å². The molecule has 1 aliphatic rings. The van der Waals surface area contributed by atoms with Crippen molar-refractivity contribution >= 4 is 28.7 Å². The Labute approximate surface area is 231 Å². The molecule has 0 saturated carbocycles. The molecular formula is C28H22FN9OS. The van der Waals surface area contributed by atoms with Gasteiger partial charge in [0, 0.05) is 36.6 Å². The number of fused-ring (bicyclic) bond motifs is 2. The minimum atomic E-state index is -0.300. The highest BCUT2D eigenvalue weighted by molar-refractivity contribution is 7.17. The van der Waals surface area contributed by atoms with Crippen molar-refractivity contribution in [2.75, 3.05) is 11.9 Å². The minimum absolute atomic E-state index is 0.283. The first-order valence-electron chi connectivity index (χ1n) is 12.7. The van der Waals surface area contributed by atoms with E-state index in [1.165, 1.54) is 23.5 Å². The van der Waals surface area contributed by atoms with Gasteiger partial charge >= 0.3 is 0 Å². The minimum Gasteiger partial charge on any atom is -0.309 e. The topological polar surface area (TPSA) is 115 Å². The van der Waals surface area contributed by atoms with Crippen LogP contribution in [0, 0.1) is 12.7 Å². The van der Waals surface area contributed by atoms with Crippen LogP contribution in [0.1, 0.15) is 21.1 Å². The van der Waals surface area contributed by atoms with Gasteiger partial charge in [0.15, 0.2) is 11.5 Å². The molecule has 1 aromatic carbocycles. The van der Waals surface area contributed by atoms with Crippen LogP contribution in [0.2, 0.25) is 0 Å². The van der Waals surface area contributed by atoms with Gasteiger partial charge in [0.1, 0.15) is 21.4 Å². The number of carbonyl (C=O) groups excluding carboxylic acids is 1. The van der Waals surface area contributed by atoms with Gasteiger partial charge in [-0.2, -0.15) is 10.2 Å². The number of aryl methyl sites for hydroxylation is 1. The predicted molar refractivity (Wildman–Crippen MR) is 149 cm³/mol. The lowest BCUT2D eigenvalue weighted by Crippen LogP contribution is -2.28. The van der Waals surface area contributed by atoms with Gasteiger partial charge in [-0.05, 0) is 55.5 Å². The van der Waals surface area contributed by atoms with Crippen LogP contribution in [-0.4, -0.2) is 46.8 Å². The molecule has 0 unspecified atom stereocenters. The molecule has 0 radical (unpaired) electrons. The lowest BCUT2D eigenvalue weighted by Gasteiger charge is -2.15. The van der Waals surface area contributed by atoms with Crippen LogP contribution in [0.25, 0.3) is 38.7 Å². The van der Waals surface area contributed by atoms with Crippen LogP contribution in [0.3, 0.4) is 0 Å². The lowest BCUT2D eigenvalue weighted by atomic mass is 10.0. The second-order valence-electron chi connectivity index (χ2n) is 9.35. The number of thiazole rings is 1. The van der Waals surface area contributed by atoms with Gasteiger partial charge < -0.3 is 10.6 Å². The van der Waals surface area contributed by atoms with Crippen LogP contribution in [0.4, 0.5) is 10.2 Å². The number of anilines is 1. The molecule has 1 aliphatic heterocycles. The molecule has 1 amide bonds. The number of nitrogens with one attached hydrogen (secondary N) is 2. The van der Waals surface area contributed by atoms with Gasteiger partial charge in [-0.15, -0.1) is 11.3 Å². The molecule has 7 rings (SSSR count). The summed E-state index contributed by atoms with van der Waals surface area (Å²) in [4.78, 5) is 26.8. The van der Waals surface area contributed by atoms with Gasteiger partial charge in [-0.1, -0.05) is 0 Å². The van der Waals surface area contributed by atoms with Crippen molar-refractivity contribution in [3.63, 3.8) is 0 Å². The molecule has 10 nitrogen and oxygen atoms in total. The van der Waals surface area contributed by atoms with Crippen molar-refractivity contribution in [1.82, 2.24) is 39.7 Å². The summed E-state index contributed by atoms with van der Waals surface area (Å²) in [7, 11) is 0. The summed E-state index contributed by atoms with van der Waals surface area (Å²) in [6.07, 6.45) is 5.08. The number of pyridine rings is 1. The van der Waals surface area contributed by atoms with E-state index < -0.39 is 0 Å². The maximum Gasteiger partial charge on any atom is 0.268 e. The number of imidazole rings is 1. The van der Waals surface area contributed by atoms with E-state index in [1.807, 2.05) is 35.9 Å².